The lowest BCUT2D eigenvalue weighted by Gasteiger charge is -2.27. The van der Waals surface area contributed by atoms with E-state index < -0.39 is 12.7 Å². The van der Waals surface area contributed by atoms with Crippen LogP contribution in [-0.2, 0) is 0 Å². The number of methoxy groups -OCH3 is 1. The van der Waals surface area contributed by atoms with Gasteiger partial charge in [-0.1, -0.05) is 19.1 Å². The Morgan fingerprint density at radius 3 is 2.50 bits per heavy atom. The SMILES string of the molecule is CCCN(CC(F)(F)F)c1cc(OC)ccc1C(N)=S. The van der Waals surface area contributed by atoms with E-state index in [0.29, 0.717) is 23.4 Å². The third-order valence-electron chi connectivity index (χ3n) is 2.67. The largest absolute Gasteiger partial charge is 0.497 e. The zero-order valence-electron chi connectivity index (χ0n) is 11.3. The molecule has 0 heterocycles. The minimum atomic E-state index is -4.30. The van der Waals surface area contributed by atoms with Crippen molar-refractivity contribution in [2.45, 2.75) is 19.5 Å². The van der Waals surface area contributed by atoms with Gasteiger partial charge in [0.15, 0.2) is 0 Å². The fraction of sp³-hybridized carbons (Fsp3) is 0.462. The van der Waals surface area contributed by atoms with Gasteiger partial charge < -0.3 is 15.4 Å². The van der Waals surface area contributed by atoms with Gasteiger partial charge in [0, 0.05) is 18.2 Å². The van der Waals surface area contributed by atoms with Crippen LogP contribution in [0.3, 0.4) is 0 Å². The number of nitrogens with two attached hydrogens (primary N) is 1. The highest BCUT2D eigenvalue weighted by Crippen LogP contribution is 2.29. The first-order valence-corrected chi connectivity index (χ1v) is 6.49. The van der Waals surface area contributed by atoms with E-state index in [0.717, 1.165) is 0 Å². The average molecular weight is 306 g/mol. The van der Waals surface area contributed by atoms with Gasteiger partial charge in [-0.05, 0) is 18.6 Å². The molecule has 1 aromatic carbocycles. The molecule has 0 aliphatic carbocycles. The van der Waals surface area contributed by atoms with Crippen molar-refractivity contribution in [2.75, 3.05) is 25.1 Å². The minimum Gasteiger partial charge on any atom is -0.497 e. The maximum absolute atomic E-state index is 12.7. The van der Waals surface area contributed by atoms with Crippen LogP contribution >= 0.6 is 12.2 Å². The van der Waals surface area contributed by atoms with Crippen molar-refractivity contribution in [1.29, 1.82) is 0 Å². The number of benzene rings is 1. The summed E-state index contributed by atoms with van der Waals surface area (Å²) in [6.45, 7) is 1.01. The first-order valence-electron chi connectivity index (χ1n) is 6.08. The third-order valence-corrected chi connectivity index (χ3v) is 2.89. The Balaban J connectivity index is 3.25. The topological polar surface area (TPSA) is 38.5 Å². The van der Waals surface area contributed by atoms with Crippen LogP contribution in [0, 0.1) is 0 Å². The maximum Gasteiger partial charge on any atom is 0.405 e. The molecular weight excluding hydrogens is 289 g/mol. The fourth-order valence-electron chi connectivity index (χ4n) is 1.88. The van der Waals surface area contributed by atoms with Crippen molar-refractivity contribution < 1.29 is 17.9 Å². The zero-order valence-corrected chi connectivity index (χ0v) is 12.1. The molecule has 0 aliphatic heterocycles. The predicted molar refractivity (Wildman–Crippen MR) is 77.4 cm³/mol. The normalized spacial score (nSPS) is 11.2. The minimum absolute atomic E-state index is 0.0610. The molecule has 0 amide bonds. The quantitative estimate of drug-likeness (QED) is 0.820. The molecular formula is C13H17F3N2OS. The van der Waals surface area contributed by atoms with Crippen molar-refractivity contribution in [3.05, 3.63) is 23.8 Å². The molecule has 0 radical (unpaired) electrons. The lowest BCUT2D eigenvalue weighted by Crippen LogP contribution is -2.36. The second-order valence-corrected chi connectivity index (χ2v) is 4.72. The summed E-state index contributed by atoms with van der Waals surface area (Å²) in [5.74, 6) is 0.461. The smallest absolute Gasteiger partial charge is 0.405 e. The fourth-order valence-corrected chi connectivity index (χ4v) is 2.05. The summed E-state index contributed by atoms with van der Waals surface area (Å²) in [4.78, 5) is 1.28. The summed E-state index contributed by atoms with van der Waals surface area (Å²) >= 11 is 4.90. The van der Waals surface area contributed by atoms with Crippen molar-refractivity contribution in [3.63, 3.8) is 0 Å². The molecule has 0 bridgehead atoms. The summed E-state index contributed by atoms with van der Waals surface area (Å²) in [5, 5.41) is 0. The van der Waals surface area contributed by atoms with Crippen LogP contribution in [0.5, 0.6) is 5.75 Å². The number of anilines is 1. The monoisotopic (exact) mass is 306 g/mol. The van der Waals surface area contributed by atoms with E-state index in [4.69, 9.17) is 22.7 Å². The van der Waals surface area contributed by atoms with E-state index in [2.05, 4.69) is 0 Å². The highest BCUT2D eigenvalue weighted by atomic mass is 32.1. The van der Waals surface area contributed by atoms with Crippen LogP contribution in [0.25, 0.3) is 0 Å². The Morgan fingerprint density at radius 1 is 1.40 bits per heavy atom. The van der Waals surface area contributed by atoms with Crippen molar-refractivity contribution in [1.82, 2.24) is 0 Å². The second-order valence-electron chi connectivity index (χ2n) is 4.28. The van der Waals surface area contributed by atoms with E-state index in [1.54, 1.807) is 12.1 Å². The summed E-state index contributed by atoms with van der Waals surface area (Å²) in [6, 6.07) is 4.72. The lowest BCUT2D eigenvalue weighted by atomic mass is 10.1. The summed E-state index contributed by atoms with van der Waals surface area (Å²) < 4.78 is 43.1. The van der Waals surface area contributed by atoms with Crippen molar-refractivity contribution >= 4 is 22.9 Å². The van der Waals surface area contributed by atoms with Crippen LogP contribution in [0.15, 0.2) is 18.2 Å². The standard InChI is InChI=1S/C13H17F3N2OS/c1-3-6-18(8-13(14,15)16)11-7-9(19-2)4-5-10(11)12(17)20/h4-5,7H,3,6,8H2,1-2H3,(H2,17,20). The number of alkyl halides is 3. The zero-order chi connectivity index (χ0) is 15.3. The molecule has 20 heavy (non-hydrogen) atoms. The molecule has 0 aromatic heterocycles. The number of halogens is 3. The van der Waals surface area contributed by atoms with Gasteiger partial charge in [-0.3, -0.25) is 0 Å². The molecule has 1 aromatic rings. The van der Waals surface area contributed by atoms with Crippen LogP contribution in [0.1, 0.15) is 18.9 Å². The number of ether oxygens (including phenoxy) is 1. The Bertz CT molecular complexity index is 477. The van der Waals surface area contributed by atoms with Gasteiger partial charge in [0.1, 0.15) is 17.3 Å². The molecule has 0 atom stereocenters. The molecule has 3 nitrogen and oxygen atoms in total. The number of hydrogen-bond donors (Lipinski definition) is 1. The third kappa shape index (κ3) is 4.56. The maximum atomic E-state index is 12.7. The first kappa shape index (κ1) is 16.6. The number of thiocarbonyl (C=S) groups is 1. The van der Waals surface area contributed by atoms with E-state index in [1.807, 2.05) is 6.92 Å². The molecule has 0 saturated carbocycles. The Morgan fingerprint density at radius 2 is 2.05 bits per heavy atom. The van der Waals surface area contributed by atoms with Crippen LogP contribution in [-0.4, -0.2) is 31.4 Å². The highest BCUT2D eigenvalue weighted by Gasteiger charge is 2.31. The average Bonchev–Trinajstić information content (AvgIpc) is 2.35. The van der Waals surface area contributed by atoms with E-state index in [1.165, 1.54) is 18.1 Å². The van der Waals surface area contributed by atoms with E-state index in [-0.39, 0.29) is 11.5 Å². The molecule has 0 saturated heterocycles. The molecule has 1 rings (SSSR count). The molecule has 0 aliphatic rings. The molecule has 0 spiro atoms. The molecule has 112 valence electrons. The van der Waals surface area contributed by atoms with E-state index in [9.17, 15) is 13.2 Å². The molecule has 7 heteroatoms. The Labute approximate surface area is 121 Å². The summed E-state index contributed by atoms with van der Waals surface area (Å²) in [7, 11) is 1.45. The number of nitrogens with zero attached hydrogens (tertiary/aromatic N) is 1. The molecule has 0 fully saturated rings. The highest BCUT2D eigenvalue weighted by molar-refractivity contribution is 7.80. The van der Waals surface area contributed by atoms with Gasteiger partial charge in [0.2, 0.25) is 0 Å². The van der Waals surface area contributed by atoms with Gasteiger partial charge >= 0.3 is 6.18 Å². The molecule has 0 unspecified atom stereocenters. The van der Waals surface area contributed by atoms with Crippen molar-refractivity contribution in [2.24, 2.45) is 5.73 Å². The Hall–Kier alpha value is -1.50. The van der Waals surface area contributed by atoms with Crippen LogP contribution in [0.2, 0.25) is 0 Å². The van der Waals surface area contributed by atoms with Gasteiger partial charge in [0.25, 0.3) is 0 Å². The lowest BCUT2D eigenvalue weighted by molar-refractivity contribution is -0.119. The molecule has 2 N–H and O–H groups in total. The van der Waals surface area contributed by atoms with E-state index >= 15 is 0 Å². The number of rotatable bonds is 6. The van der Waals surface area contributed by atoms with Gasteiger partial charge in [0.05, 0.1) is 12.8 Å². The second kappa shape index (κ2) is 6.78. The number of hydrogen-bond acceptors (Lipinski definition) is 3. The summed E-state index contributed by atoms with van der Waals surface area (Å²) in [5.41, 5.74) is 6.35. The van der Waals surface area contributed by atoms with Crippen LogP contribution in [0.4, 0.5) is 18.9 Å². The predicted octanol–water partition coefficient (Wildman–Crippen LogP) is 3.11. The van der Waals surface area contributed by atoms with Crippen molar-refractivity contribution in [3.8, 4) is 5.75 Å². The van der Waals surface area contributed by atoms with Crippen LogP contribution < -0.4 is 15.4 Å². The van der Waals surface area contributed by atoms with Gasteiger partial charge in [-0.2, -0.15) is 13.2 Å². The van der Waals surface area contributed by atoms with Gasteiger partial charge in [-0.15, -0.1) is 0 Å². The summed E-state index contributed by atoms with van der Waals surface area (Å²) in [6.07, 6.45) is -3.73. The Kier molecular flexibility index (Phi) is 5.62. The first-order chi connectivity index (χ1) is 9.28. The van der Waals surface area contributed by atoms with Gasteiger partial charge in [-0.25, -0.2) is 0 Å².